The minimum Gasteiger partial charge on any atom is -0.495 e. The Bertz CT molecular complexity index is 801. The fraction of sp³-hybridized carbons (Fsp3) is 0.316. The molecule has 2 amide bonds. The van der Waals surface area contributed by atoms with Gasteiger partial charge >= 0.3 is 0 Å². The number of aromatic nitrogens is 1. The summed E-state index contributed by atoms with van der Waals surface area (Å²) in [6, 6.07) is 7.44. The Balaban J connectivity index is 1.75. The maximum atomic E-state index is 12.6. The second kappa shape index (κ2) is 7.86. The van der Waals surface area contributed by atoms with Crippen molar-refractivity contribution in [3.63, 3.8) is 0 Å². The van der Waals surface area contributed by atoms with E-state index in [1.807, 2.05) is 31.2 Å². The average molecular weight is 354 g/mol. The van der Waals surface area contributed by atoms with E-state index in [1.165, 1.54) is 0 Å². The van der Waals surface area contributed by atoms with Gasteiger partial charge in [0, 0.05) is 32.4 Å². The van der Waals surface area contributed by atoms with Gasteiger partial charge in [-0.15, -0.1) is 0 Å². The molecule has 26 heavy (non-hydrogen) atoms. The SMILES string of the molecule is COc1ccc(C)cc1NC(=O)c1cncc(N2CCN(C=O)CC2)c1. The standard InChI is InChI=1S/C19H22N4O3/c1-14-3-4-18(26-2)17(9-14)21-19(25)15-10-16(12-20-11-15)23-7-5-22(13-24)6-8-23/h3-4,9-13H,5-8H2,1-2H3,(H,21,25). The fourth-order valence-electron chi connectivity index (χ4n) is 2.92. The zero-order chi connectivity index (χ0) is 18.5. The molecule has 7 nitrogen and oxygen atoms in total. The van der Waals surface area contributed by atoms with Crippen molar-refractivity contribution >= 4 is 23.7 Å². The highest BCUT2D eigenvalue weighted by atomic mass is 16.5. The third-order valence-corrected chi connectivity index (χ3v) is 4.42. The van der Waals surface area contributed by atoms with Crippen LogP contribution in [0.1, 0.15) is 15.9 Å². The molecule has 7 heteroatoms. The minimum atomic E-state index is -0.241. The number of anilines is 2. The molecule has 1 fully saturated rings. The number of rotatable bonds is 5. The van der Waals surface area contributed by atoms with Gasteiger partial charge in [-0.3, -0.25) is 14.6 Å². The van der Waals surface area contributed by atoms with Crippen molar-refractivity contribution < 1.29 is 14.3 Å². The van der Waals surface area contributed by atoms with Crippen molar-refractivity contribution in [2.24, 2.45) is 0 Å². The van der Waals surface area contributed by atoms with E-state index in [0.29, 0.717) is 30.1 Å². The molecule has 2 aromatic rings. The lowest BCUT2D eigenvalue weighted by molar-refractivity contribution is -0.118. The Morgan fingerprint density at radius 3 is 2.65 bits per heavy atom. The first kappa shape index (κ1) is 17.7. The fourth-order valence-corrected chi connectivity index (χ4v) is 2.92. The number of pyridine rings is 1. The van der Waals surface area contributed by atoms with Crippen molar-refractivity contribution in [3.8, 4) is 5.75 Å². The topological polar surface area (TPSA) is 74.8 Å². The summed E-state index contributed by atoms with van der Waals surface area (Å²) >= 11 is 0. The minimum absolute atomic E-state index is 0.241. The molecule has 0 saturated carbocycles. The van der Waals surface area contributed by atoms with Gasteiger partial charge in [-0.05, 0) is 30.7 Å². The van der Waals surface area contributed by atoms with E-state index in [1.54, 1.807) is 24.4 Å². The third kappa shape index (κ3) is 3.93. The summed E-state index contributed by atoms with van der Waals surface area (Å²) in [6.45, 7) is 4.73. The van der Waals surface area contributed by atoms with Crippen molar-refractivity contribution in [1.29, 1.82) is 0 Å². The molecule has 0 bridgehead atoms. The summed E-state index contributed by atoms with van der Waals surface area (Å²) in [5, 5.41) is 2.89. The number of aryl methyl sites for hydroxylation is 1. The molecule has 1 aromatic carbocycles. The summed E-state index contributed by atoms with van der Waals surface area (Å²) in [4.78, 5) is 31.5. The molecule has 0 atom stereocenters. The number of hydrogen-bond donors (Lipinski definition) is 1. The normalized spacial score (nSPS) is 14.1. The largest absolute Gasteiger partial charge is 0.495 e. The zero-order valence-electron chi connectivity index (χ0n) is 14.9. The number of carbonyl (C=O) groups excluding carboxylic acids is 2. The van der Waals surface area contributed by atoms with Gasteiger partial charge in [0.15, 0.2) is 0 Å². The third-order valence-electron chi connectivity index (χ3n) is 4.42. The van der Waals surface area contributed by atoms with Crippen LogP contribution in [0.3, 0.4) is 0 Å². The summed E-state index contributed by atoms with van der Waals surface area (Å²) in [7, 11) is 1.57. The lowest BCUT2D eigenvalue weighted by Crippen LogP contribution is -2.45. The predicted octanol–water partition coefficient (Wildman–Crippen LogP) is 1.93. The van der Waals surface area contributed by atoms with Crippen molar-refractivity contribution in [2.75, 3.05) is 43.5 Å². The number of carbonyl (C=O) groups is 2. The maximum absolute atomic E-state index is 12.6. The summed E-state index contributed by atoms with van der Waals surface area (Å²) in [5.74, 6) is 0.368. The Morgan fingerprint density at radius 1 is 1.19 bits per heavy atom. The van der Waals surface area contributed by atoms with Crippen LogP contribution in [0.4, 0.5) is 11.4 Å². The summed E-state index contributed by atoms with van der Waals surface area (Å²) < 4.78 is 5.30. The molecule has 2 heterocycles. The van der Waals surface area contributed by atoms with E-state index in [4.69, 9.17) is 4.74 Å². The Kier molecular flexibility index (Phi) is 5.36. The second-order valence-corrected chi connectivity index (χ2v) is 6.22. The number of methoxy groups -OCH3 is 1. The Hall–Kier alpha value is -3.09. The van der Waals surface area contributed by atoms with E-state index in [-0.39, 0.29) is 5.91 Å². The van der Waals surface area contributed by atoms with Crippen molar-refractivity contribution in [3.05, 3.63) is 47.8 Å². The molecule has 1 N–H and O–H groups in total. The molecule has 0 radical (unpaired) electrons. The van der Waals surface area contributed by atoms with E-state index in [0.717, 1.165) is 30.8 Å². The highest BCUT2D eigenvalue weighted by Gasteiger charge is 2.18. The quantitative estimate of drug-likeness (QED) is 0.831. The molecule has 3 rings (SSSR count). The highest BCUT2D eigenvalue weighted by Crippen LogP contribution is 2.26. The summed E-state index contributed by atoms with van der Waals surface area (Å²) in [5.41, 5.74) is 3.01. The van der Waals surface area contributed by atoms with Crippen LogP contribution in [-0.2, 0) is 4.79 Å². The molecule has 136 valence electrons. The first-order valence-electron chi connectivity index (χ1n) is 8.46. The zero-order valence-corrected chi connectivity index (χ0v) is 14.9. The molecule has 1 aliphatic rings. The van der Waals surface area contributed by atoms with E-state index >= 15 is 0 Å². The van der Waals surface area contributed by atoms with Crippen LogP contribution in [0, 0.1) is 6.92 Å². The number of benzene rings is 1. The average Bonchev–Trinajstić information content (AvgIpc) is 2.68. The molecule has 0 aliphatic carbocycles. The monoisotopic (exact) mass is 354 g/mol. The lowest BCUT2D eigenvalue weighted by atomic mass is 10.2. The van der Waals surface area contributed by atoms with E-state index in [9.17, 15) is 9.59 Å². The second-order valence-electron chi connectivity index (χ2n) is 6.22. The van der Waals surface area contributed by atoms with Crippen LogP contribution in [-0.4, -0.2) is 55.5 Å². The van der Waals surface area contributed by atoms with Gasteiger partial charge in [0.1, 0.15) is 5.75 Å². The van der Waals surface area contributed by atoms with Crippen molar-refractivity contribution in [2.45, 2.75) is 6.92 Å². The summed E-state index contributed by atoms with van der Waals surface area (Å²) in [6.07, 6.45) is 4.15. The highest BCUT2D eigenvalue weighted by molar-refractivity contribution is 6.05. The van der Waals surface area contributed by atoms with Gasteiger partial charge in [-0.2, -0.15) is 0 Å². The van der Waals surface area contributed by atoms with Crippen LogP contribution >= 0.6 is 0 Å². The lowest BCUT2D eigenvalue weighted by Gasteiger charge is -2.34. The maximum Gasteiger partial charge on any atom is 0.257 e. The first-order valence-corrected chi connectivity index (χ1v) is 8.46. The van der Waals surface area contributed by atoms with Crippen LogP contribution in [0.5, 0.6) is 5.75 Å². The molecular formula is C19H22N4O3. The molecular weight excluding hydrogens is 332 g/mol. The molecule has 1 saturated heterocycles. The van der Waals surface area contributed by atoms with Crippen LogP contribution < -0.4 is 15.0 Å². The number of hydrogen-bond acceptors (Lipinski definition) is 5. The number of amides is 2. The van der Waals surface area contributed by atoms with Gasteiger partial charge < -0.3 is 19.9 Å². The molecule has 0 spiro atoms. The van der Waals surface area contributed by atoms with Crippen LogP contribution in [0.2, 0.25) is 0 Å². The number of ether oxygens (including phenoxy) is 1. The molecule has 0 unspecified atom stereocenters. The van der Waals surface area contributed by atoms with E-state index < -0.39 is 0 Å². The molecule has 1 aromatic heterocycles. The van der Waals surface area contributed by atoms with Gasteiger partial charge in [-0.25, -0.2) is 0 Å². The smallest absolute Gasteiger partial charge is 0.257 e. The van der Waals surface area contributed by atoms with Crippen molar-refractivity contribution in [1.82, 2.24) is 9.88 Å². The van der Waals surface area contributed by atoms with Gasteiger partial charge in [0.25, 0.3) is 5.91 Å². The van der Waals surface area contributed by atoms with Gasteiger partial charge in [0.05, 0.1) is 30.2 Å². The first-order chi connectivity index (χ1) is 12.6. The van der Waals surface area contributed by atoms with E-state index in [2.05, 4.69) is 15.2 Å². The number of nitrogens with zero attached hydrogens (tertiary/aromatic N) is 3. The number of nitrogens with one attached hydrogen (secondary N) is 1. The Labute approximate surface area is 152 Å². The Morgan fingerprint density at radius 2 is 1.96 bits per heavy atom. The van der Waals surface area contributed by atoms with Crippen LogP contribution in [0.25, 0.3) is 0 Å². The predicted molar refractivity (Wildman–Crippen MR) is 99.8 cm³/mol. The molecule has 1 aliphatic heterocycles. The van der Waals surface area contributed by atoms with Crippen LogP contribution in [0.15, 0.2) is 36.7 Å². The van der Waals surface area contributed by atoms with Gasteiger partial charge in [0.2, 0.25) is 6.41 Å². The number of piperazine rings is 1. The van der Waals surface area contributed by atoms with Gasteiger partial charge in [-0.1, -0.05) is 6.07 Å².